The third-order valence-electron chi connectivity index (χ3n) is 4.90. The second-order valence-corrected chi connectivity index (χ2v) is 6.77. The molecule has 1 saturated heterocycles. The predicted molar refractivity (Wildman–Crippen MR) is 81.2 cm³/mol. The molecule has 5 nitrogen and oxygen atoms in total. The van der Waals surface area contributed by atoms with Crippen LogP contribution in [0.5, 0.6) is 0 Å². The summed E-state index contributed by atoms with van der Waals surface area (Å²) in [5.41, 5.74) is -1.06. The van der Waals surface area contributed by atoms with E-state index in [0.717, 1.165) is 51.6 Å². The van der Waals surface area contributed by atoms with Crippen molar-refractivity contribution in [1.82, 2.24) is 10.2 Å². The Morgan fingerprint density at radius 3 is 2.29 bits per heavy atom. The summed E-state index contributed by atoms with van der Waals surface area (Å²) in [6.07, 6.45) is 8.60. The van der Waals surface area contributed by atoms with E-state index in [4.69, 9.17) is 0 Å². The predicted octanol–water partition coefficient (Wildman–Crippen LogP) is 3.00. The van der Waals surface area contributed by atoms with Gasteiger partial charge >= 0.3 is 12.0 Å². The summed E-state index contributed by atoms with van der Waals surface area (Å²) in [5.74, 6) is -0.531. The maximum Gasteiger partial charge on any atom is 0.329 e. The van der Waals surface area contributed by atoms with Gasteiger partial charge in [-0.05, 0) is 31.6 Å². The molecule has 2 atom stereocenters. The van der Waals surface area contributed by atoms with Crippen molar-refractivity contribution >= 4 is 12.0 Å². The number of hydrogen-bond donors (Lipinski definition) is 2. The van der Waals surface area contributed by atoms with Gasteiger partial charge in [0.1, 0.15) is 5.54 Å². The van der Waals surface area contributed by atoms with Crippen molar-refractivity contribution in [2.45, 2.75) is 70.3 Å². The van der Waals surface area contributed by atoms with E-state index < -0.39 is 11.5 Å². The summed E-state index contributed by atoms with van der Waals surface area (Å²) in [6.45, 7) is 3.56. The molecule has 0 aromatic carbocycles. The summed E-state index contributed by atoms with van der Waals surface area (Å²) in [4.78, 5) is 26.0. The lowest BCUT2D eigenvalue weighted by Crippen LogP contribution is -2.59. The molecule has 2 fully saturated rings. The van der Waals surface area contributed by atoms with Crippen LogP contribution >= 0.6 is 0 Å². The van der Waals surface area contributed by atoms with Gasteiger partial charge in [-0.3, -0.25) is 0 Å². The Labute approximate surface area is 127 Å². The monoisotopic (exact) mass is 296 g/mol. The Kier molecular flexibility index (Phi) is 5.48. The van der Waals surface area contributed by atoms with Gasteiger partial charge in [0.15, 0.2) is 0 Å². The number of nitrogens with one attached hydrogen (secondary N) is 1. The number of likely N-dealkylation sites (tertiary alicyclic amines) is 1. The maximum atomic E-state index is 12.5. The number of carboxylic acids is 1. The molecule has 2 amide bonds. The normalized spacial score (nSPS) is 31.1. The van der Waals surface area contributed by atoms with Crippen LogP contribution in [-0.4, -0.2) is 40.6 Å². The third-order valence-corrected chi connectivity index (χ3v) is 4.90. The minimum Gasteiger partial charge on any atom is -0.480 e. The lowest BCUT2D eigenvalue weighted by Gasteiger charge is -2.38. The first-order valence-electron chi connectivity index (χ1n) is 8.34. The fourth-order valence-electron chi connectivity index (χ4n) is 3.65. The van der Waals surface area contributed by atoms with Gasteiger partial charge in [0.2, 0.25) is 0 Å². The van der Waals surface area contributed by atoms with Gasteiger partial charge in [-0.25, -0.2) is 9.59 Å². The molecule has 120 valence electrons. The Morgan fingerprint density at radius 1 is 1.10 bits per heavy atom. The molecule has 1 aliphatic carbocycles. The Hall–Kier alpha value is -1.26. The van der Waals surface area contributed by atoms with Crippen LogP contribution in [-0.2, 0) is 4.79 Å². The van der Waals surface area contributed by atoms with Crippen LogP contribution in [0.1, 0.15) is 64.7 Å². The van der Waals surface area contributed by atoms with Crippen molar-refractivity contribution in [2.75, 3.05) is 13.1 Å². The third kappa shape index (κ3) is 4.11. The van der Waals surface area contributed by atoms with Crippen molar-refractivity contribution in [3.8, 4) is 0 Å². The van der Waals surface area contributed by atoms with Gasteiger partial charge in [-0.1, -0.05) is 39.0 Å². The van der Waals surface area contributed by atoms with Crippen LogP contribution in [0.15, 0.2) is 0 Å². The molecule has 1 saturated carbocycles. The molecule has 21 heavy (non-hydrogen) atoms. The number of nitrogens with zero attached hydrogens (tertiary/aromatic N) is 1. The van der Waals surface area contributed by atoms with E-state index in [-0.39, 0.29) is 6.03 Å². The molecular weight excluding hydrogens is 268 g/mol. The smallest absolute Gasteiger partial charge is 0.329 e. The molecule has 2 N–H and O–H groups in total. The van der Waals surface area contributed by atoms with Crippen LogP contribution in [0.2, 0.25) is 0 Å². The molecule has 0 radical (unpaired) electrons. The zero-order valence-electron chi connectivity index (χ0n) is 13.1. The van der Waals surface area contributed by atoms with Crippen LogP contribution < -0.4 is 5.32 Å². The number of carbonyl (C=O) groups is 2. The minimum atomic E-state index is -1.06. The van der Waals surface area contributed by atoms with Gasteiger partial charge < -0.3 is 15.3 Å². The second kappa shape index (κ2) is 7.14. The summed E-state index contributed by atoms with van der Waals surface area (Å²) >= 11 is 0. The van der Waals surface area contributed by atoms with Crippen molar-refractivity contribution in [2.24, 2.45) is 5.92 Å². The fraction of sp³-hybridized carbons (Fsp3) is 0.875. The Morgan fingerprint density at radius 2 is 1.71 bits per heavy atom. The summed E-state index contributed by atoms with van der Waals surface area (Å²) in [6, 6.07) is -0.187. The number of hydrogen-bond acceptors (Lipinski definition) is 2. The topological polar surface area (TPSA) is 69.6 Å². The number of aliphatic carboxylic acids is 1. The minimum absolute atomic E-state index is 0.187. The van der Waals surface area contributed by atoms with Gasteiger partial charge in [0.25, 0.3) is 0 Å². The average molecular weight is 296 g/mol. The molecule has 0 aromatic heterocycles. The zero-order chi connectivity index (χ0) is 15.3. The molecule has 0 aromatic rings. The molecular formula is C16H28N2O3. The highest BCUT2D eigenvalue weighted by Crippen LogP contribution is 2.32. The fourth-order valence-corrected chi connectivity index (χ4v) is 3.65. The van der Waals surface area contributed by atoms with Crippen LogP contribution in [0.4, 0.5) is 4.79 Å². The van der Waals surface area contributed by atoms with Crippen molar-refractivity contribution < 1.29 is 14.7 Å². The zero-order valence-corrected chi connectivity index (χ0v) is 13.1. The van der Waals surface area contributed by atoms with E-state index in [1.165, 1.54) is 6.42 Å². The standard InChI is InChI=1S/C16H28N2O3/c1-13-8-7-9-16(12-13,14(19)20)17-15(21)18-10-5-3-2-4-6-11-18/h13H,2-12H2,1H3,(H,17,21)(H,19,20). The van der Waals surface area contributed by atoms with Gasteiger partial charge in [-0.2, -0.15) is 0 Å². The molecule has 0 spiro atoms. The molecule has 2 unspecified atom stereocenters. The molecule has 2 rings (SSSR count). The number of carbonyl (C=O) groups excluding carboxylic acids is 1. The highest BCUT2D eigenvalue weighted by atomic mass is 16.4. The van der Waals surface area contributed by atoms with Crippen LogP contribution in [0.25, 0.3) is 0 Å². The van der Waals surface area contributed by atoms with E-state index in [2.05, 4.69) is 12.2 Å². The lowest BCUT2D eigenvalue weighted by atomic mass is 9.76. The van der Waals surface area contributed by atoms with E-state index in [1.54, 1.807) is 0 Å². The van der Waals surface area contributed by atoms with E-state index >= 15 is 0 Å². The van der Waals surface area contributed by atoms with Gasteiger partial charge in [0.05, 0.1) is 0 Å². The largest absolute Gasteiger partial charge is 0.480 e. The maximum absolute atomic E-state index is 12.5. The molecule has 1 aliphatic heterocycles. The molecule has 0 bridgehead atoms. The number of amides is 2. The summed E-state index contributed by atoms with van der Waals surface area (Å²) in [7, 11) is 0. The SMILES string of the molecule is CC1CCCC(NC(=O)N2CCCCCCC2)(C(=O)O)C1. The van der Waals surface area contributed by atoms with Gasteiger partial charge in [0, 0.05) is 13.1 Å². The second-order valence-electron chi connectivity index (χ2n) is 6.77. The first kappa shape index (κ1) is 16.1. The highest BCUT2D eigenvalue weighted by molar-refractivity contribution is 5.86. The highest BCUT2D eigenvalue weighted by Gasteiger charge is 2.43. The van der Waals surface area contributed by atoms with Crippen LogP contribution in [0.3, 0.4) is 0 Å². The number of urea groups is 1. The molecule has 2 aliphatic rings. The summed E-state index contributed by atoms with van der Waals surface area (Å²) in [5, 5.41) is 12.5. The Balaban J connectivity index is 2.01. The average Bonchev–Trinajstić information content (AvgIpc) is 2.37. The van der Waals surface area contributed by atoms with Gasteiger partial charge in [-0.15, -0.1) is 0 Å². The number of carboxylic acid groups (broad SMARTS) is 1. The Bertz CT molecular complexity index is 378. The lowest BCUT2D eigenvalue weighted by molar-refractivity contribution is -0.146. The number of rotatable bonds is 2. The van der Waals surface area contributed by atoms with E-state index in [9.17, 15) is 14.7 Å². The van der Waals surface area contributed by atoms with Crippen molar-refractivity contribution in [3.63, 3.8) is 0 Å². The first-order chi connectivity index (χ1) is 10.0. The molecule has 5 heteroatoms. The van der Waals surface area contributed by atoms with Crippen molar-refractivity contribution in [3.05, 3.63) is 0 Å². The summed E-state index contributed by atoms with van der Waals surface area (Å²) < 4.78 is 0. The quantitative estimate of drug-likeness (QED) is 0.823. The van der Waals surface area contributed by atoms with Crippen LogP contribution in [0, 0.1) is 5.92 Å². The first-order valence-corrected chi connectivity index (χ1v) is 8.34. The van der Waals surface area contributed by atoms with E-state index in [1.807, 2.05) is 4.90 Å². The molecule has 1 heterocycles. The van der Waals surface area contributed by atoms with Crippen molar-refractivity contribution in [1.29, 1.82) is 0 Å². The van der Waals surface area contributed by atoms with E-state index in [0.29, 0.717) is 18.8 Å².